The Labute approximate surface area is 395 Å². The van der Waals surface area contributed by atoms with Crippen LogP contribution in [0.3, 0.4) is 0 Å². The van der Waals surface area contributed by atoms with E-state index in [9.17, 15) is 0 Å². The quantitative estimate of drug-likeness (QED) is 0.166. The van der Waals surface area contributed by atoms with Crippen molar-refractivity contribution in [2.24, 2.45) is 0 Å². The highest BCUT2D eigenvalue weighted by Gasteiger charge is 2.49. The molecule has 0 N–H and O–H groups in total. The van der Waals surface area contributed by atoms with Gasteiger partial charge in [-0.15, -0.1) is 0 Å². The third-order valence-electron chi connectivity index (χ3n) is 14.4. The van der Waals surface area contributed by atoms with E-state index in [1.165, 1.54) is 66.1 Å². The average Bonchev–Trinajstić information content (AvgIpc) is 3.73. The number of rotatable bonds is 6. The molecule has 1 aliphatic carbocycles. The summed E-state index contributed by atoms with van der Waals surface area (Å²) in [7, 11) is 0. The molecule has 0 saturated carbocycles. The first-order valence-corrected chi connectivity index (χ1v) is 23.4. The highest BCUT2D eigenvalue weighted by atomic mass is 16.5. The Kier molecular flexibility index (Phi) is 8.50. The van der Waals surface area contributed by atoms with Gasteiger partial charge in [-0.2, -0.15) is 0 Å². The Morgan fingerprint density at radius 2 is 0.882 bits per heavy atom. The molecule has 2 aliphatic rings. The molecular formula is C65H42N2O. The third-order valence-corrected chi connectivity index (χ3v) is 14.4. The number of para-hydroxylation sites is 4. The average molecular weight is 867 g/mol. The van der Waals surface area contributed by atoms with Crippen LogP contribution in [0.25, 0.3) is 71.6 Å². The normalized spacial score (nSPS) is 14.4. The minimum Gasteiger partial charge on any atom is -0.457 e. The van der Waals surface area contributed by atoms with E-state index in [-0.39, 0.29) is 0 Å². The number of aromatic nitrogens is 1. The van der Waals surface area contributed by atoms with E-state index < -0.39 is 5.41 Å². The lowest BCUT2D eigenvalue weighted by molar-refractivity contribution is 0.435. The zero-order chi connectivity index (χ0) is 44.8. The van der Waals surface area contributed by atoms with Gasteiger partial charge in [0.2, 0.25) is 0 Å². The monoisotopic (exact) mass is 866 g/mol. The van der Waals surface area contributed by atoms with Gasteiger partial charge in [-0.3, -0.25) is 0 Å². The molecule has 0 saturated heterocycles. The van der Waals surface area contributed by atoms with E-state index in [1.807, 2.05) is 0 Å². The number of nitrogens with zero attached hydrogens (tertiary/aromatic N) is 2. The van der Waals surface area contributed by atoms with E-state index in [2.05, 4.69) is 264 Å². The minimum atomic E-state index is -0.618. The summed E-state index contributed by atoms with van der Waals surface area (Å²) in [5.74, 6) is 1.71. The summed E-state index contributed by atoms with van der Waals surface area (Å²) < 4.78 is 9.63. The molecule has 318 valence electrons. The van der Waals surface area contributed by atoms with Crippen LogP contribution in [0.15, 0.2) is 255 Å². The molecule has 0 fully saturated rings. The molecule has 12 aromatic rings. The predicted octanol–water partition coefficient (Wildman–Crippen LogP) is 17.2. The maximum atomic E-state index is 7.13. The first-order chi connectivity index (χ1) is 33.8. The van der Waals surface area contributed by atoms with Crippen LogP contribution in [0, 0.1) is 0 Å². The smallest absolute Gasteiger partial charge is 0.134 e. The van der Waals surface area contributed by atoms with Crippen LogP contribution in [-0.4, -0.2) is 4.57 Å². The highest BCUT2D eigenvalue weighted by Crippen LogP contribution is 2.61. The number of benzene rings is 11. The van der Waals surface area contributed by atoms with Crippen LogP contribution in [0.1, 0.15) is 22.3 Å². The molecular weight excluding hydrogens is 825 g/mol. The molecule has 14 rings (SSSR count). The minimum absolute atomic E-state index is 0.618. The van der Waals surface area contributed by atoms with Crippen LogP contribution < -0.4 is 9.64 Å². The van der Waals surface area contributed by atoms with Gasteiger partial charge >= 0.3 is 0 Å². The SMILES string of the molecule is c1ccc(-c2cccc(-c3ccccc3)c2-n2c3ccccc3c3ccc(N(c4ccccc4)c4ccc5c(c4)Oc4ccccc4C54c5ccccc5-c5cccc6cccc4c56)cc32)cc1. The van der Waals surface area contributed by atoms with E-state index >= 15 is 0 Å². The van der Waals surface area contributed by atoms with Gasteiger partial charge in [0.05, 0.1) is 22.1 Å². The van der Waals surface area contributed by atoms with Crippen LogP contribution in [-0.2, 0) is 5.41 Å². The first kappa shape index (κ1) is 38.4. The Morgan fingerprint density at radius 1 is 0.338 bits per heavy atom. The summed E-state index contributed by atoms with van der Waals surface area (Å²) in [4.78, 5) is 2.38. The van der Waals surface area contributed by atoms with Gasteiger partial charge in [-0.1, -0.05) is 206 Å². The largest absolute Gasteiger partial charge is 0.457 e. The maximum Gasteiger partial charge on any atom is 0.134 e. The molecule has 11 aromatic carbocycles. The highest BCUT2D eigenvalue weighted by molar-refractivity contribution is 6.12. The molecule has 1 spiro atoms. The lowest BCUT2D eigenvalue weighted by Gasteiger charge is -2.45. The lowest BCUT2D eigenvalue weighted by Crippen LogP contribution is -2.36. The number of hydrogen-bond acceptors (Lipinski definition) is 2. The maximum absolute atomic E-state index is 7.13. The van der Waals surface area contributed by atoms with Crippen molar-refractivity contribution in [3.05, 3.63) is 277 Å². The second-order valence-electron chi connectivity index (χ2n) is 17.9. The molecule has 1 aromatic heterocycles. The molecule has 1 atom stereocenters. The van der Waals surface area contributed by atoms with Crippen molar-refractivity contribution in [1.29, 1.82) is 0 Å². The molecule has 3 nitrogen and oxygen atoms in total. The number of ether oxygens (including phenoxy) is 1. The molecule has 1 aliphatic heterocycles. The van der Waals surface area contributed by atoms with Gasteiger partial charge in [0.25, 0.3) is 0 Å². The summed E-state index contributed by atoms with van der Waals surface area (Å²) in [5.41, 5.74) is 17.9. The third kappa shape index (κ3) is 5.54. The standard InChI is InChI=1S/C65H42N2O/c1-4-19-43(20-5-1)49-29-18-30-50(44-21-6-2-7-22-44)64(49)67-59-35-14-11-28-52(59)53-39-37-47(41-60(53)67)66(46-25-8-3-9-26-46)48-38-40-57-62(42-48)68-61-36-15-13-33-56(61)65(57)55-32-12-10-27-51(55)54-31-16-23-45-24-17-34-58(65)63(45)54/h1-42H. The first-order valence-electron chi connectivity index (χ1n) is 23.4. The van der Waals surface area contributed by atoms with Gasteiger partial charge in [-0.05, 0) is 86.6 Å². The summed E-state index contributed by atoms with van der Waals surface area (Å²) in [6.45, 7) is 0. The fourth-order valence-electron chi connectivity index (χ4n) is 11.7. The Morgan fingerprint density at radius 3 is 1.66 bits per heavy atom. The second kappa shape index (κ2) is 15.1. The number of fused-ring (bicyclic) bond motifs is 11. The predicted molar refractivity (Wildman–Crippen MR) is 281 cm³/mol. The van der Waals surface area contributed by atoms with Gasteiger partial charge in [0.1, 0.15) is 11.5 Å². The summed E-state index contributed by atoms with van der Waals surface area (Å²) in [5, 5.41) is 4.93. The van der Waals surface area contributed by atoms with Crippen LogP contribution >= 0.6 is 0 Å². The molecule has 68 heavy (non-hydrogen) atoms. The summed E-state index contributed by atoms with van der Waals surface area (Å²) in [6, 6.07) is 92.8. The van der Waals surface area contributed by atoms with Crippen molar-refractivity contribution in [3.8, 4) is 50.6 Å². The molecule has 0 radical (unpaired) electrons. The fourth-order valence-corrected chi connectivity index (χ4v) is 11.7. The zero-order valence-electron chi connectivity index (χ0n) is 37.1. The second-order valence-corrected chi connectivity index (χ2v) is 17.9. The molecule has 3 heteroatoms. The molecule has 0 bridgehead atoms. The number of hydrogen-bond donors (Lipinski definition) is 0. The van der Waals surface area contributed by atoms with E-state index in [1.54, 1.807) is 0 Å². The van der Waals surface area contributed by atoms with Crippen molar-refractivity contribution < 1.29 is 4.74 Å². The van der Waals surface area contributed by atoms with Crippen molar-refractivity contribution in [1.82, 2.24) is 4.57 Å². The van der Waals surface area contributed by atoms with Gasteiger partial charge in [0, 0.05) is 56.2 Å². The van der Waals surface area contributed by atoms with Gasteiger partial charge in [-0.25, -0.2) is 0 Å². The van der Waals surface area contributed by atoms with Gasteiger partial charge in [0.15, 0.2) is 0 Å². The van der Waals surface area contributed by atoms with Crippen molar-refractivity contribution in [2.75, 3.05) is 4.90 Å². The summed E-state index contributed by atoms with van der Waals surface area (Å²) >= 11 is 0. The van der Waals surface area contributed by atoms with Crippen molar-refractivity contribution >= 4 is 49.6 Å². The zero-order valence-corrected chi connectivity index (χ0v) is 37.1. The molecule has 0 amide bonds. The van der Waals surface area contributed by atoms with E-state index in [0.29, 0.717) is 0 Å². The van der Waals surface area contributed by atoms with Crippen LogP contribution in [0.5, 0.6) is 11.5 Å². The van der Waals surface area contributed by atoms with Gasteiger partial charge < -0.3 is 14.2 Å². The summed E-state index contributed by atoms with van der Waals surface area (Å²) in [6.07, 6.45) is 0. The van der Waals surface area contributed by atoms with Crippen molar-refractivity contribution in [2.45, 2.75) is 5.41 Å². The lowest BCUT2D eigenvalue weighted by atomic mass is 9.58. The number of anilines is 3. The Hall–Kier alpha value is -8.92. The molecule has 2 heterocycles. The molecule has 1 unspecified atom stereocenters. The van der Waals surface area contributed by atoms with Crippen LogP contribution in [0.4, 0.5) is 17.1 Å². The van der Waals surface area contributed by atoms with E-state index in [4.69, 9.17) is 4.74 Å². The van der Waals surface area contributed by atoms with Crippen LogP contribution in [0.2, 0.25) is 0 Å². The fraction of sp³-hybridized carbons (Fsp3) is 0.0154. The Balaban J connectivity index is 1.02. The topological polar surface area (TPSA) is 17.4 Å². The Bertz CT molecular complexity index is 3890. The van der Waals surface area contributed by atoms with E-state index in [0.717, 1.165) is 56.4 Å². The van der Waals surface area contributed by atoms with Crippen molar-refractivity contribution in [3.63, 3.8) is 0 Å².